The first-order valence-corrected chi connectivity index (χ1v) is 7.71. The molecule has 0 aromatic carbocycles. The van der Waals surface area contributed by atoms with Crippen LogP contribution in [0, 0.1) is 11.8 Å². The van der Waals surface area contributed by atoms with Crippen LogP contribution in [0.25, 0.3) is 0 Å². The number of piperidine rings is 1. The summed E-state index contributed by atoms with van der Waals surface area (Å²) >= 11 is 0. The molecule has 110 valence electrons. The second-order valence-electron chi connectivity index (χ2n) is 5.35. The van der Waals surface area contributed by atoms with Crippen molar-refractivity contribution in [3.05, 3.63) is 0 Å². The Morgan fingerprint density at radius 1 is 1.11 bits per heavy atom. The SMILES string of the molecule is CC#CCCN(C)CCOCCCN1CCCCC1. The van der Waals surface area contributed by atoms with E-state index in [-0.39, 0.29) is 0 Å². The van der Waals surface area contributed by atoms with E-state index in [0.29, 0.717) is 0 Å². The molecule has 0 aliphatic carbocycles. The third-order valence-corrected chi connectivity index (χ3v) is 3.62. The van der Waals surface area contributed by atoms with Crippen LogP contribution < -0.4 is 0 Å². The number of hydrogen-bond acceptors (Lipinski definition) is 3. The Morgan fingerprint density at radius 3 is 2.63 bits per heavy atom. The Balaban J connectivity index is 1.85. The van der Waals surface area contributed by atoms with E-state index in [9.17, 15) is 0 Å². The highest BCUT2D eigenvalue weighted by Crippen LogP contribution is 2.08. The van der Waals surface area contributed by atoms with Crippen LogP contribution in [0.1, 0.15) is 39.0 Å². The average molecular weight is 266 g/mol. The quantitative estimate of drug-likeness (QED) is 0.470. The summed E-state index contributed by atoms with van der Waals surface area (Å²) in [6, 6.07) is 0. The molecule has 0 N–H and O–H groups in total. The van der Waals surface area contributed by atoms with Crippen molar-refractivity contribution in [3.63, 3.8) is 0 Å². The third kappa shape index (κ3) is 9.04. The normalized spacial score (nSPS) is 16.4. The molecule has 0 unspecified atom stereocenters. The second-order valence-corrected chi connectivity index (χ2v) is 5.35. The Morgan fingerprint density at radius 2 is 1.89 bits per heavy atom. The van der Waals surface area contributed by atoms with Crippen molar-refractivity contribution < 1.29 is 4.74 Å². The topological polar surface area (TPSA) is 15.7 Å². The van der Waals surface area contributed by atoms with Gasteiger partial charge in [-0.2, -0.15) is 0 Å². The third-order valence-electron chi connectivity index (χ3n) is 3.62. The van der Waals surface area contributed by atoms with Crippen LogP contribution in [0.15, 0.2) is 0 Å². The standard InChI is InChI=1S/C16H30N2O/c1-3-4-6-10-17(2)14-16-19-15-9-13-18-11-7-5-8-12-18/h5-16H2,1-2H3. The molecule has 0 saturated carbocycles. The Hall–Kier alpha value is -0.560. The van der Waals surface area contributed by atoms with Crippen LogP contribution in [-0.2, 0) is 4.74 Å². The van der Waals surface area contributed by atoms with E-state index < -0.39 is 0 Å². The zero-order valence-electron chi connectivity index (χ0n) is 12.8. The summed E-state index contributed by atoms with van der Waals surface area (Å²) in [7, 11) is 2.13. The molecule has 0 radical (unpaired) electrons. The lowest BCUT2D eigenvalue weighted by molar-refractivity contribution is 0.0996. The summed E-state index contributed by atoms with van der Waals surface area (Å²) in [6.07, 6.45) is 6.31. The van der Waals surface area contributed by atoms with Gasteiger partial charge < -0.3 is 14.5 Å². The minimum Gasteiger partial charge on any atom is -0.380 e. The predicted molar refractivity (Wildman–Crippen MR) is 81.3 cm³/mol. The number of rotatable bonds is 9. The van der Waals surface area contributed by atoms with Crippen LogP contribution in [0.5, 0.6) is 0 Å². The van der Waals surface area contributed by atoms with Crippen molar-refractivity contribution in [1.82, 2.24) is 9.80 Å². The van der Waals surface area contributed by atoms with Gasteiger partial charge in [-0.3, -0.25) is 0 Å². The summed E-state index contributed by atoms with van der Waals surface area (Å²) in [5.41, 5.74) is 0. The van der Waals surface area contributed by atoms with Crippen LogP contribution in [0.2, 0.25) is 0 Å². The fraction of sp³-hybridized carbons (Fsp3) is 0.875. The van der Waals surface area contributed by atoms with Crippen molar-refractivity contribution in [1.29, 1.82) is 0 Å². The lowest BCUT2D eigenvalue weighted by Gasteiger charge is -2.26. The molecule has 3 heteroatoms. The van der Waals surface area contributed by atoms with Gasteiger partial charge in [0.15, 0.2) is 0 Å². The first-order valence-electron chi connectivity index (χ1n) is 7.71. The molecule has 1 aliphatic heterocycles. The van der Waals surface area contributed by atoms with E-state index in [1.54, 1.807) is 0 Å². The number of nitrogens with zero attached hydrogens (tertiary/aromatic N) is 2. The van der Waals surface area contributed by atoms with Gasteiger partial charge in [-0.05, 0) is 46.3 Å². The van der Waals surface area contributed by atoms with Gasteiger partial charge in [-0.25, -0.2) is 0 Å². The van der Waals surface area contributed by atoms with Gasteiger partial charge in [0.2, 0.25) is 0 Å². The molecule has 1 heterocycles. The Bertz CT molecular complexity index is 264. The molecule has 0 spiro atoms. The van der Waals surface area contributed by atoms with E-state index in [2.05, 4.69) is 28.7 Å². The fourth-order valence-electron chi connectivity index (χ4n) is 2.38. The molecular formula is C16H30N2O. The largest absolute Gasteiger partial charge is 0.380 e. The van der Waals surface area contributed by atoms with Gasteiger partial charge in [0.1, 0.15) is 0 Å². The highest BCUT2D eigenvalue weighted by Gasteiger charge is 2.08. The summed E-state index contributed by atoms with van der Waals surface area (Å²) in [6.45, 7) is 9.48. The number of hydrogen-bond donors (Lipinski definition) is 0. The van der Waals surface area contributed by atoms with Crippen molar-refractivity contribution in [3.8, 4) is 11.8 Å². The summed E-state index contributed by atoms with van der Waals surface area (Å²) in [5, 5.41) is 0. The highest BCUT2D eigenvalue weighted by molar-refractivity contribution is 4.95. The maximum absolute atomic E-state index is 5.70. The van der Waals surface area contributed by atoms with Gasteiger partial charge in [-0.1, -0.05) is 6.42 Å². The highest BCUT2D eigenvalue weighted by atomic mass is 16.5. The molecular weight excluding hydrogens is 236 g/mol. The van der Waals surface area contributed by atoms with E-state index >= 15 is 0 Å². The zero-order valence-corrected chi connectivity index (χ0v) is 12.8. The number of ether oxygens (including phenoxy) is 1. The molecule has 0 aromatic heterocycles. The van der Waals surface area contributed by atoms with Crippen molar-refractivity contribution in [2.45, 2.75) is 39.0 Å². The van der Waals surface area contributed by atoms with Gasteiger partial charge in [-0.15, -0.1) is 11.8 Å². The van der Waals surface area contributed by atoms with E-state index in [1.165, 1.54) is 45.3 Å². The number of likely N-dealkylation sites (N-methyl/N-ethyl adjacent to an activating group) is 1. The molecule has 1 fully saturated rings. The summed E-state index contributed by atoms with van der Waals surface area (Å²) in [4.78, 5) is 4.86. The Kier molecular flexibility index (Phi) is 9.79. The first kappa shape index (κ1) is 16.5. The molecule has 19 heavy (non-hydrogen) atoms. The van der Waals surface area contributed by atoms with E-state index in [0.717, 1.165) is 32.7 Å². The van der Waals surface area contributed by atoms with E-state index in [4.69, 9.17) is 4.74 Å². The van der Waals surface area contributed by atoms with Crippen molar-refractivity contribution in [2.75, 3.05) is 53.0 Å². The zero-order chi connectivity index (χ0) is 13.8. The van der Waals surface area contributed by atoms with Crippen molar-refractivity contribution >= 4 is 0 Å². The summed E-state index contributed by atoms with van der Waals surface area (Å²) < 4.78 is 5.70. The Labute approximate surface area is 119 Å². The predicted octanol–water partition coefficient (Wildman–Crippen LogP) is 2.22. The van der Waals surface area contributed by atoms with Crippen LogP contribution in [-0.4, -0.2) is 62.8 Å². The van der Waals surface area contributed by atoms with Crippen molar-refractivity contribution in [2.24, 2.45) is 0 Å². The maximum Gasteiger partial charge on any atom is 0.0593 e. The average Bonchev–Trinajstić information content (AvgIpc) is 2.44. The molecule has 0 bridgehead atoms. The minimum absolute atomic E-state index is 0.843. The lowest BCUT2D eigenvalue weighted by atomic mass is 10.1. The molecule has 1 rings (SSSR count). The smallest absolute Gasteiger partial charge is 0.0593 e. The minimum atomic E-state index is 0.843. The molecule has 0 atom stereocenters. The van der Waals surface area contributed by atoms with Gasteiger partial charge in [0, 0.05) is 32.7 Å². The lowest BCUT2D eigenvalue weighted by Crippen LogP contribution is -2.31. The monoisotopic (exact) mass is 266 g/mol. The van der Waals surface area contributed by atoms with Crippen LogP contribution in [0.3, 0.4) is 0 Å². The molecule has 0 aromatic rings. The fourth-order valence-corrected chi connectivity index (χ4v) is 2.38. The first-order chi connectivity index (χ1) is 9.33. The molecule has 1 aliphatic rings. The van der Waals surface area contributed by atoms with E-state index in [1.807, 2.05) is 6.92 Å². The van der Waals surface area contributed by atoms with Crippen LogP contribution >= 0.6 is 0 Å². The second kappa shape index (κ2) is 11.3. The molecule has 3 nitrogen and oxygen atoms in total. The molecule has 1 saturated heterocycles. The van der Waals surface area contributed by atoms with Crippen LogP contribution in [0.4, 0.5) is 0 Å². The summed E-state index contributed by atoms with van der Waals surface area (Å²) in [5.74, 6) is 6.01. The maximum atomic E-state index is 5.70. The van der Waals surface area contributed by atoms with Gasteiger partial charge in [0.05, 0.1) is 6.61 Å². The molecule has 0 amide bonds. The van der Waals surface area contributed by atoms with Gasteiger partial charge in [0.25, 0.3) is 0 Å². The van der Waals surface area contributed by atoms with Gasteiger partial charge >= 0.3 is 0 Å². The number of likely N-dealkylation sites (tertiary alicyclic amines) is 1.